The summed E-state index contributed by atoms with van der Waals surface area (Å²) in [6.45, 7) is 5.11. The molecule has 1 rings (SSSR count). The number of hydrogen-bond acceptors (Lipinski definition) is 3. The normalized spacial score (nSPS) is 11.8. The number of rotatable bonds is 11. The monoisotopic (exact) mass is 338 g/mol. The van der Waals surface area contributed by atoms with Crippen LogP contribution in [0.4, 0.5) is 0 Å². The largest absolute Gasteiger partial charge is 0.300 e. The third kappa shape index (κ3) is 8.31. The Hall–Kier alpha value is -1.16. The summed E-state index contributed by atoms with van der Waals surface area (Å²) in [5.41, 5.74) is 2.38. The molecular weight excluding hydrogens is 308 g/mol. The number of unbranched alkanes of at least 4 members (excludes halogenated alkanes) is 4. The minimum Gasteiger partial charge on any atom is -0.300 e. The van der Waals surface area contributed by atoms with E-state index in [1.165, 1.54) is 5.56 Å². The Balaban J connectivity index is 2.19. The summed E-state index contributed by atoms with van der Waals surface area (Å²) in [5.74, 6) is 0.510. The van der Waals surface area contributed by atoms with Crippen LogP contribution in [-0.4, -0.2) is 25.2 Å². The molecule has 0 bridgehead atoms. The molecule has 0 saturated carbocycles. The van der Waals surface area contributed by atoms with Gasteiger partial charge in [0.25, 0.3) is 0 Å². The van der Waals surface area contributed by atoms with Crippen LogP contribution in [0.1, 0.15) is 64.0 Å². The molecule has 0 aliphatic carbocycles. The van der Waals surface area contributed by atoms with Crippen LogP contribution in [0.15, 0.2) is 24.3 Å². The van der Waals surface area contributed by atoms with E-state index in [9.17, 15) is 13.2 Å². The number of Topliss-reactive ketones (excluding diaryl/α,β-unsaturated/α-hetero) is 1. The second-order valence-corrected chi connectivity index (χ2v) is 9.31. The molecule has 0 saturated heterocycles. The highest BCUT2D eigenvalue weighted by atomic mass is 32.2. The fourth-order valence-electron chi connectivity index (χ4n) is 2.58. The van der Waals surface area contributed by atoms with Crippen LogP contribution in [0.25, 0.3) is 0 Å². The van der Waals surface area contributed by atoms with Crippen LogP contribution in [0.3, 0.4) is 0 Å². The predicted molar refractivity (Wildman–Crippen MR) is 96.5 cm³/mol. The third-order valence-corrected chi connectivity index (χ3v) is 6.35. The standard InChI is InChI=1S/C19H30O3S/c1-16(2)23(21,22)13-8-6-4-5-7-10-18-11-9-12-19(15-18)14-17(3)20/h9,11-12,15-16H,4-8,10,13-14H2,1-3H3. The van der Waals surface area contributed by atoms with Crippen LogP contribution in [0, 0.1) is 0 Å². The Labute approximate surface area is 141 Å². The SMILES string of the molecule is CC(=O)Cc1cccc(CCCCCCCS(=O)(=O)C(C)C)c1. The summed E-state index contributed by atoms with van der Waals surface area (Å²) in [7, 11) is -2.88. The lowest BCUT2D eigenvalue weighted by molar-refractivity contribution is -0.116. The highest BCUT2D eigenvalue weighted by Gasteiger charge is 2.14. The van der Waals surface area contributed by atoms with Crippen LogP contribution in [0.2, 0.25) is 0 Å². The van der Waals surface area contributed by atoms with Crippen molar-refractivity contribution in [3.63, 3.8) is 0 Å². The Kier molecular flexibility index (Phi) is 8.53. The van der Waals surface area contributed by atoms with Crippen molar-refractivity contribution in [3.05, 3.63) is 35.4 Å². The van der Waals surface area contributed by atoms with Crippen LogP contribution in [-0.2, 0) is 27.5 Å². The number of carbonyl (C=O) groups is 1. The highest BCUT2D eigenvalue weighted by Crippen LogP contribution is 2.13. The molecular formula is C19H30O3S. The maximum absolute atomic E-state index is 11.7. The minimum atomic E-state index is -2.88. The average molecular weight is 339 g/mol. The summed E-state index contributed by atoms with van der Waals surface area (Å²) in [5, 5.41) is -0.259. The molecule has 0 fully saturated rings. The van der Waals surface area contributed by atoms with Crippen molar-refractivity contribution in [2.75, 3.05) is 5.75 Å². The van der Waals surface area contributed by atoms with E-state index >= 15 is 0 Å². The first-order valence-corrected chi connectivity index (χ1v) is 10.3. The van der Waals surface area contributed by atoms with Gasteiger partial charge >= 0.3 is 0 Å². The Bertz CT molecular complexity index is 588. The lowest BCUT2D eigenvalue weighted by atomic mass is 10.0. The molecule has 4 heteroatoms. The number of aryl methyl sites for hydroxylation is 1. The molecule has 23 heavy (non-hydrogen) atoms. The Morgan fingerprint density at radius 3 is 2.26 bits per heavy atom. The minimum absolute atomic E-state index is 0.193. The number of sulfone groups is 1. The van der Waals surface area contributed by atoms with Crippen molar-refractivity contribution in [3.8, 4) is 0 Å². The fourth-order valence-corrected chi connectivity index (χ4v) is 3.66. The molecule has 0 atom stereocenters. The second kappa shape index (κ2) is 9.86. The molecule has 0 unspecified atom stereocenters. The first-order valence-electron chi connectivity index (χ1n) is 8.60. The smallest absolute Gasteiger partial charge is 0.152 e. The van der Waals surface area contributed by atoms with Gasteiger partial charge in [-0.1, -0.05) is 43.5 Å². The average Bonchev–Trinajstić information content (AvgIpc) is 2.45. The fraction of sp³-hybridized carbons (Fsp3) is 0.632. The zero-order valence-electron chi connectivity index (χ0n) is 14.7. The van der Waals surface area contributed by atoms with E-state index < -0.39 is 9.84 Å². The summed E-state index contributed by atoms with van der Waals surface area (Å²) in [6, 6.07) is 8.25. The summed E-state index contributed by atoms with van der Waals surface area (Å²) >= 11 is 0. The van der Waals surface area contributed by atoms with Crippen LogP contribution >= 0.6 is 0 Å². The number of hydrogen-bond donors (Lipinski definition) is 0. The van der Waals surface area contributed by atoms with Gasteiger partial charge < -0.3 is 0 Å². The summed E-state index contributed by atoms with van der Waals surface area (Å²) in [4.78, 5) is 11.2. The van der Waals surface area contributed by atoms with E-state index in [-0.39, 0.29) is 11.0 Å². The molecule has 0 aliphatic heterocycles. The molecule has 0 spiro atoms. The van der Waals surface area contributed by atoms with E-state index in [1.807, 2.05) is 12.1 Å². The summed E-state index contributed by atoms with van der Waals surface area (Å²) in [6.07, 6.45) is 6.61. The quantitative estimate of drug-likeness (QED) is 0.570. The van der Waals surface area contributed by atoms with Gasteiger partial charge in [0.15, 0.2) is 9.84 Å². The lowest BCUT2D eigenvalue weighted by Gasteiger charge is -2.07. The molecule has 0 heterocycles. The van der Waals surface area contributed by atoms with Crippen molar-refractivity contribution in [1.82, 2.24) is 0 Å². The number of ketones is 1. The topological polar surface area (TPSA) is 51.2 Å². The van der Waals surface area contributed by atoms with Gasteiger partial charge in [0.1, 0.15) is 5.78 Å². The van der Waals surface area contributed by atoms with Crippen molar-refractivity contribution in [1.29, 1.82) is 0 Å². The molecule has 3 nitrogen and oxygen atoms in total. The van der Waals surface area contributed by atoms with Gasteiger partial charge in [0.05, 0.1) is 11.0 Å². The molecule has 0 aromatic heterocycles. The van der Waals surface area contributed by atoms with Gasteiger partial charge in [-0.15, -0.1) is 0 Å². The van der Waals surface area contributed by atoms with E-state index in [0.29, 0.717) is 12.2 Å². The molecule has 1 aromatic rings. The maximum Gasteiger partial charge on any atom is 0.152 e. The zero-order chi connectivity index (χ0) is 17.3. The Morgan fingerprint density at radius 2 is 1.61 bits per heavy atom. The summed E-state index contributed by atoms with van der Waals surface area (Å²) < 4.78 is 23.4. The van der Waals surface area contributed by atoms with Gasteiger partial charge in [0, 0.05) is 6.42 Å². The maximum atomic E-state index is 11.7. The molecule has 0 radical (unpaired) electrons. The van der Waals surface area contributed by atoms with Gasteiger partial charge in [-0.05, 0) is 51.2 Å². The van der Waals surface area contributed by atoms with Crippen molar-refractivity contribution in [2.45, 2.75) is 71.0 Å². The van der Waals surface area contributed by atoms with Gasteiger partial charge in [-0.25, -0.2) is 8.42 Å². The predicted octanol–water partition coefficient (Wildman–Crippen LogP) is 4.13. The third-order valence-electron chi connectivity index (χ3n) is 4.06. The van der Waals surface area contributed by atoms with E-state index in [2.05, 4.69) is 12.1 Å². The van der Waals surface area contributed by atoms with Gasteiger partial charge in [-0.2, -0.15) is 0 Å². The zero-order valence-corrected chi connectivity index (χ0v) is 15.5. The number of benzene rings is 1. The van der Waals surface area contributed by atoms with Crippen molar-refractivity contribution >= 4 is 15.6 Å². The molecule has 0 N–H and O–H groups in total. The lowest BCUT2D eigenvalue weighted by Crippen LogP contribution is -2.17. The molecule has 130 valence electrons. The first-order chi connectivity index (χ1) is 10.8. The van der Waals surface area contributed by atoms with E-state index in [4.69, 9.17) is 0 Å². The molecule has 0 aliphatic rings. The van der Waals surface area contributed by atoms with Crippen molar-refractivity contribution < 1.29 is 13.2 Å². The first kappa shape index (κ1) is 19.9. The number of carbonyl (C=O) groups excluding carboxylic acids is 1. The highest BCUT2D eigenvalue weighted by molar-refractivity contribution is 7.91. The van der Waals surface area contributed by atoms with Crippen LogP contribution in [0.5, 0.6) is 0 Å². The molecule has 1 aromatic carbocycles. The van der Waals surface area contributed by atoms with Crippen molar-refractivity contribution in [2.24, 2.45) is 0 Å². The van der Waals surface area contributed by atoms with Gasteiger partial charge in [-0.3, -0.25) is 4.79 Å². The van der Waals surface area contributed by atoms with Gasteiger partial charge in [0.2, 0.25) is 0 Å². The van der Waals surface area contributed by atoms with E-state index in [1.54, 1.807) is 20.8 Å². The molecule has 0 amide bonds. The van der Waals surface area contributed by atoms with E-state index in [0.717, 1.165) is 44.1 Å². The Morgan fingerprint density at radius 1 is 1.00 bits per heavy atom. The second-order valence-electron chi connectivity index (χ2n) is 6.63. The van der Waals surface area contributed by atoms with Crippen LogP contribution < -0.4 is 0 Å².